The van der Waals surface area contributed by atoms with E-state index in [1.807, 2.05) is 77.0 Å². The van der Waals surface area contributed by atoms with Crippen LogP contribution in [0.1, 0.15) is 82.0 Å². The standard InChI is InChI=1S/C50H52F6N10O2/c1-31-8-12-37(39(24-31)47(67)65-20-4-6-33(3)43(65)29-61-45-14-10-35(26-59-45)49(51,52)53)41-17-23-64(63-41)22-16-34-7-5-21-66(44(34)30-62-46-15-11-36(27-60-46)50(54,55)56)48(68)40-25-32(2)9-13-38(40)42-28-57-18-19-58-42/h8-15,17-19,23-28,33-34,43-44H,4-7,16,20-22,29-30H2,1-3H3,(H,59,61)(H,60,62). The van der Waals surface area contributed by atoms with E-state index in [9.17, 15) is 35.9 Å². The fourth-order valence-corrected chi connectivity index (χ4v) is 9.36. The maximum atomic E-state index is 14.7. The van der Waals surface area contributed by atoms with Gasteiger partial charge in [0.25, 0.3) is 11.8 Å². The molecular weight excluding hydrogens is 887 g/mol. The van der Waals surface area contributed by atoms with Crippen LogP contribution in [0.5, 0.6) is 0 Å². The number of halogens is 6. The summed E-state index contributed by atoms with van der Waals surface area (Å²) >= 11 is 0. The molecule has 68 heavy (non-hydrogen) atoms. The number of alkyl halides is 6. The van der Waals surface area contributed by atoms with Gasteiger partial charge in [-0.1, -0.05) is 42.3 Å². The molecule has 0 aliphatic carbocycles. The number of pyridine rings is 2. The monoisotopic (exact) mass is 938 g/mol. The molecule has 12 nitrogen and oxygen atoms in total. The number of aromatic nitrogens is 6. The van der Waals surface area contributed by atoms with Gasteiger partial charge in [-0.25, -0.2) is 9.97 Å². The lowest BCUT2D eigenvalue weighted by Crippen LogP contribution is -2.52. The van der Waals surface area contributed by atoms with E-state index in [0.29, 0.717) is 66.2 Å². The Morgan fingerprint density at radius 2 is 1.22 bits per heavy atom. The fourth-order valence-electron chi connectivity index (χ4n) is 9.36. The summed E-state index contributed by atoms with van der Waals surface area (Å²) in [6.07, 6.45) is 2.96. The summed E-state index contributed by atoms with van der Waals surface area (Å²) in [4.78, 5) is 49.7. The molecule has 2 aliphatic rings. The third kappa shape index (κ3) is 11.0. The van der Waals surface area contributed by atoms with Gasteiger partial charge in [0.2, 0.25) is 0 Å². The van der Waals surface area contributed by atoms with Crippen LogP contribution in [0.4, 0.5) is 38.0 Å². The maximum absolute atomic E-state index is 14.7. The van der Waals surface area contributed by atoms with Crippen LogP contribution in [0, 0.1) is 25.7 Å². The highest BCUT2D eigenvalue weighted by molar-refractivity contribution is 6.01. The van der Waals surface area contributed by atoms with Gasteiger partial charge in [0.15, 0.2) is 0 Å². The van der Waals surface area contributed by atoms with Crippen molar-refractivity contribution in [3.05, 3.63) is 137 Å². The SMILES string of the molecule is Cc1ccc(-c2ccn(CCC3CCCN(C(=O)c4cc(C)ccc4-c4cnccn4)C3CNc3ccc(C(F)(F)F)cn3)n2)c(C(=O)N2CCCC(C)C2CNc2ccc(C(F)(F)F)cn2)c1. The Hall–Kier alpha value is -6.85. The van der Waals surface area contributed by atoms with E-state index in [0.717, 1.165) is 61.3 Å². The van der Waals surface area contributed by atoms with E-state index in [1.165, 1.54) is 12.1 Å². The van der Waals surface area contributed by atoms with E-state index < -0.39 is 23.5 Å². The number of benzene rings is 2. The molecule has 6 aromatic rings. The van der Waals surface area contributed by atoms with Crippen molar-refractivity contribution in [1.29, 1.82) is 0 Å². The molecule has 2 amide bonds. The molecular formula is C50H52F6N10O2. The minimum absolute atomic E-state index is 0.0482. The molecule has 0 bridgehead atoms. The molecule has 0 saturated carbocycles. The first-order valence-electron chi connectivity index (χ1n) is 22.7. The minimum atomic E-state index is -4.53. The molecule has 2 aromatic carbocycles. The Morgan fingerprint density at radius 3 is 1.76 bits per heavy atom. The number of hydrogen-bond donors (Lipinski definition) is 2. The number of aryl methyl sites for hydroxylation is 3. The van der Waals surface area contributed by atoms with Crippen LogP contribution in [0.15, 0.2) is 104 Å². The van der Waals surface area contributed by atoms with Crippen molar-refractivity contribution in [2.45, 2.75) is 83.9 Å². The number of amides is 2. The first-order valence-corrected chi connectivity index (χ1v) is 22.7. The second-order valence-electron chi connectivity index (χ2n) is 17.7. The van der Waals surface area contributed by atoms with Gasteiger partial charge in [0, 0.05) is 86.0 Å². The molecule has 2 fully saturated rings. The van der Waals surface area contributed by atoms with Crippen LogP contribution < -0.4 is 10.6 Å². The lowest BCUT2D eigenvalue weighted by Gasteiger charge is -2.42. The average Bonchev–Trinajstić information content (AvgIpc) is 3.80. The lowest BCUT2D eigenvalue weighted by atomic mass is 9.85. The predicted octanol–water partition coefficient (Wildman–Crippen LogP) is 10.2. The molecule has 0 spiro atoms. The summed E-state index contributed by atoms with van der Waals surface area (Å²) in [6.45, 7) is 7.87. The summed E-state index contributed by atoms with van der Waals surface area (Å²) < 4.78 is 81.5. The highest BCUT2D eigenvalue weighted by Gasteiger charge is 2.37. The molecule has 356 valence electrons. The molecule has 2 saturated heterocycles. The maximum Gasteiger partial charge on any atom is 0.417 e. The Morgan fingerprint density at radius 1 is 0.662 bits per heavy atom. The molecule has 2 N–H and O–H groups in total. The normalized spacial score (nSPS) is 18.9. The van der Waals surface area contributed by atoms with E-state index in [-0.39, 0.29) is 53.9 Å². The summed E-state index contributed by atoms with van der Waals surface area (Å²) in [7, 11) is 0. The van der Waals surface area contributed by atoms with Gasteiger partial charge in [-0.05, 0) is 100 Å². The largest absolute Gasteiger partial charge is 0.417 e. The molecule has 0 radical (unpaired) electrons. The van der Waals surface area contributed by atoms with Crippen molar-refractivity contribution in [1.82, 2.24) is 39.5 Å². The molecule has 4 aromatic heterocycles. The summed E-state index contributed by atoms with van der Waals surface area (Å²) in [5.41, 5.74) is 3.50. The highest BCUT2D eigenvalue weighted by atomic mass is 19.4. The number of nitrogens with zero attached hydrogens (tertiary/aromatic N) is 8. The van der Waals surface area contributed by atoms with Gasteiger partial charge in [-0.3, -0.25) is 24.2 Å². The number of rotatable bonds is 13. The average molecular weight is 939 g/mol. The summed E-state index contributed by atoms with van der Waals surface area (Å²) in [5, 5.41) is 11.3. The molecule has 4 unspecified atom stereocenters. The van der Waals surface area contributed by atoms with E-state index in [2.05, 4.69) is 37.5 Å². The Kier molecular flexibility index (Phi) is 14.1. The second kappa shape index (κ2) is 20.2. The second-order valence-corrected chi connectivity index (χ2v) is 17.7. The van der Waals surface area contributed by atoms with Gasteiger partial charge in [-0.2, -0.15) is 31.4 Å². The molecule has 18 heteroatoms. The van der Waals surface area contributed by atoms with Crippen LogP contribution in [0.3, 0.4) is 0 Å². The van der Waals surface area contributed by atoms with E-state index in [1.54, 1.807) is 18.6 Å². The van der Waals surface area contributed by atoms with Crippen molar-refractivity contribution in [2.24, 2.45) is 11.8 Å². The van der Waals surface area contributed by atoms with E-state index in [4.69, 9.17) is 5.10 Å². The lowest BCUT2D eigenvalue weighted by molar-refractivity contribution is -0.138. The molecule has 4 atom stereocenters. The van der Waals surface area contributed by atoms with Crippen LogP contribution >= 0.6 is 0 Å². The van der Waals surface area contributed by atoms with Crippen LogP contribution in [-0.4, -0.2) is 89.6 Å². The Balaban J connectivity index is 1.01. The molecule has 8 rings (SSSR count). The highest BCUT2D eigenvalue weighted by Crippen LogP contribution is 2.35. The zero-order chi connectivity index (χ0) is 48.2. The number of piperidine rings is 2. The topological polar surface area (TPSA) is 134 Å². The van der Waals surface area contributed by atoms with Crippen LogP contribution in [0.2, 0.25) is 0 Å². The zero-order valence-corrected chi connectivity index (χ0v) is 37.9. The summed E-state index contributed by atoms with van der Waals surface area (Å²) in [6, 6.07) is 17.1. The van der Waals surface area contributed by atoms with Crippen LogP contribution in [-0.2, 0) is 18.9 Å². The van der Waals surface area contributed by atoms with Crippen molar-refractivity contribution in [3.8, 4) is 22.5 Å². The van der Waals surface area contributed by atoms with Crippen molar-refractivity contribution < 1.29 is 35.9 Å². The van der Waals surface area contributed by atoms with Crippen molar-refractivity contribution in [3.63, 3.8) is 0 Å². The molecule has 6 heterocycles. The third-order valence-corrected chi connectivity index (χ3v) is 13.0. The number of hydrogen-bond acceptors (Lipinski definition) is 9. The number of anilines is 2. The summed E-state index contributed by atoms with van der Waals surface area (Å²) in [5.74, 6) is 0.237. The number of carbonyl (C=O) groups is 2. The first kappa shape index (κ1) is 47.6. The van der Waals surface area contributed by atoms with Gasteiger partial charge in [0.05, 0.1) is 40.8 Å². The van der Waals surface area contributed by atoms with Gasteiger partial charge >= 0.3 is 12.4 Å². The van der Waals surface area contributed by atoms with Crippen molar-refractivity contribution >= 4 is 23.5 Å². The van der Waals surface area contributed by atoms with E-state index >= 15 is 0 Å². The van der Waals surface area contributed by atoms with Gasteiger partial charge in [-0.15, -0.1) is 0 Å². The number of nitrogens with one attached hydrogen (secondary N) is 2. The van der Waals surface area contributed by atoms with Gasteiger partial charge in [0.1, 0.15) is 11.6 Å². The number of carbonyl (C=O) groups excluding carboxylic acids is 2. The quantitative estimate of drug-likeness (QED) is 0.109. The third-order valence-electron chi connectivity index (χ3n) is 13.0. The van der Waals surface area contributed by atoms with Crippen molar-refractivity contribution in [2.75, 3.05) is 36.8 Å². The first-order chi connectivity index (χ1) is 32.5. The van der Waals surface area contributed by atoms with Gasteiger partial charge < -0.3 is 20.4 Å². The zero-order valence-electron chi connectivity index (χ0n) is 37.9. The smallest absolute Gasteiger partial charge is 0.368 e. The number of likely N-dealkylation sites (tertiary alicyclic amines) is 2. The van der Waals surface area contributed by atoms with Crippen LogP contribution in [0.25, 0.3) is 22.5 Å². The Labute approximate surface area is 390 Å². The fraction of sp³-hybridized carbons (Fsp3) is 0.380. The predicted molar refractivity (Wildman–Crippen MR) is 245 cm³/mol. The molecule has 2 aliphatic heterocycles. The minimum Gasteiger partial charge on any atom is -0.368 e. The Bertz CT molecular complexity index is 2690.